The molecule has 108 valence electrons. The molecule has 0 saturated carbocycles. The number of carbonyl (C=O) groups excluding carboxylic acids is 1. The lowest BCUT2D eigenvalue weighted by atomic mass is 10.1. The molecule has 0 amide bonds. The summed E-state index contributed by atoms with van der Waals surface area (Å²) in [5, 5.41) is 10.7. The number of nitrogens with zero attached hydrogens (tertiary/aromatic N) is 1. The molecule has 0 fully saturated rings. The van der Waals surface area contributed by atoms with E-state index in [-0.39, 0.29) is 23.6 Å². The van der Waals surface area contributed by atoms with Gasteiger partial charge in [0.2, 0.25) is 0 Å². The van der Waals surface area contributed by atoms with Crippen molar-refractivity contribution in [1.29, 1.82) is 0 Å². The van der Waals surface area contributed by atoms with E-state index in [0.717, 1.165) is 11.6 Å². The SMILES string of the molecule is Cc1ccc(F)c(OCC(=O)c2cccc([N+](=O)[O-])c2)c1. The van der Waals surface area contributed by atoms with Crippen LogP contribution in [0, 0.1) is 22.9 Å². The molecule has 0 spiro atoms. The van der Waals surface area contributed by atoms with Crippen LogP contribution in [0.5, 0.6) is 5.75 Å². The predicted molar refractivity (Wildman–Crippen MR) is 74.1 cm³/mol. The number of non-ortho nitro benzene ring substituents is 1. The topological polar surface area (TPSA) is 69.4 Å². The van der Waals surface area contributed by atoms with Crippen LogP contribution < -0.4 is 4.74 Å². The Bertz CT molecular complexity index is 700. The van der Waals surface area contributed by atoms with Gasteiger partial charge in [-0.2, -0.15) is 0 Å². The van der Waals surface area contributed by atoms with Gasteiger partial charge in [-0.1, -0.05) is 18.2 Å². The summed E-state index contributed by atoms with van der Waals surface area (Å²) in [6, 6.07) is 9.64. The summed E-state index contributed by atoms with van der Waals surface area (Å²) in [6.45, 7) is 1.39. The van der Waals surface area contributed by atoms with Crippen LogP contribution in [0.2, 0.25) is 0 Å². The van der Waals surface area contributed by atoms with Crippen molar-refractivity contribution in [2.45, 2.75) is 6.92 Å². The minimum Gasteiger partial charge on any atom is -0.482 e. The first kappa shape index (κ1) is 14.6. The third kappa shape index (κ3) is 3.62. The highest BCUT2D eigenvalue weighted by Crippen LogP contribution is 2.19. The van der Waals surface area contributed by atoms with Gasteiger partial charge in [-0.05, 0) is 24.6 Å². The molecule has 0 aliphatic heterocycles. The van der Waals surface area contributed by atoms with Crippen LogP contribution in [0.15, 0.2) is 42.5 Å². The normalized spacial score (nSPS) is 10.2. The largest absolute Gasteiger partial charge is 0.482 e. The summed E-state index contributed by atoms with van der Waals surface area (Å²) in [5.74, 6) is -1.04. The number of Topliss-reactive ketones (excluding diaryl/α,β-unsaturated/α-hetero) is 1. The lowest BCUT2D eigenvalue weighted by molar-refractivity contribution is -0.384. The van der Waals surface area contributed by atoms with E-state index in [4.69, 9.17) is 4.74 Å². The van der Waals surface area contributed by atoms with E-state index in [0.29, 0.717) is 0 Å². The minimum absolute atomic E-state index is 0.0196. The molecule has 2 aromatic carbocycles. The van der Waals surface area contributed by atoms with Gasteiger partial charge in [0.05, 0.1) is 4.92 Å². The molecule has 21 heavy (non-hydrogen) atoms. The molecule has 0 aliphatic carbocycles. The van der Waals surface area contributed by atoms with Crippen molar-refractivity contribution in [2.75, 3.05) is 6.61 Å². The van der Waals surface area contributed by atoms with Crippen LogP contribution in [0.25, 0.3) is 0 Å². The fraction of sp³-hybridized carbons (Fsp3) is 0.133. The number of ketones is 1. The molecule has 0 aliphatic rings. The fourth-order valence-electron chi connectivity index (χ4n) is 1.74. The van der Waals surface area contributed by atoms with Gasteiger partial charge in [-0.3, -0.25) is 14.9 Å². The maximum atomic E-state index is 13.5. The van der Waals surface area contributed by atoms with Gasteiger partial charge in [0.25, 0.3) is 5.69 Å². The molecule has 0 N–H and O–H groups in total. The Morgan fingerprint density at radius 2 is 2.05 bits per heavy atom. The summed E-state index contributed by atoms with van der Waals surface area (Å²) < 4.78 is 18.6. The van der Waals surface area contributed by atoms with Gasteiger partial charge in [0.15, 0.2) is 24.0 Å². The Labute approximate surface area is 120 Å². The van der Waals surface area contributed by atoms with Crippen LogP contribution in [0.3, 0.4) is 0 Å². The number of nitro groups is 1. The smallest absolute Gasteiger partial charge is 0.270 e. The summed E-state index contributed by atoms with van der Waals surface area (Å²) in [4.78, 5) is 22.0. The Kier molecular flexibility index (Phi) is 4.27. The van der Waals surface area contributed by atoms with Crippen molar-refractivity contribution < 1.29 is 18.8 Å². The van der Waals surface area contributed by atoms with E-state index in [1.165, 1.54) is 30.3 Å². The molecule has 2 aromatic rings. The average molecular weight is 289 g/mol. The lowest BCUT2D eigenvalue weighted by Gasteiger charge is -2.07. The highest BCUT2D eigenvalue weighted by atomic mass is 19.1. The molecular weight excluding hydrogens is 277 g/mol. The molecule has 0 bridgehead atoms. The number of benzene rings is 2. The van der Waals surface area contributed by atoms with Gasteiger partial charge in [-0.25, -0.2) is 4.39 Å². The van der Waals surface area contributed by atoms with Crippen molar-refractivity contribution in [3.05, 3.63) is 69.5 Å². The monoisotopic (exact) mass is 289 g/mol. The lowest BCUT2D eigenvalue weighted by Crippen LogP contribution is -2.12. The van der Waals surface area contributed by atoms with Crippen molar-refractivity contribution >= 4 is 11.5 Å². The third-order valence-corrected chi connectivity index (χ3v) is 2.82. The number of hydrogen-bond acceptors (Lipinski definition) is 4. The van der Waals surface area contributed by atoms with Gasteiger partial charge in [0, 0.05) is 17.7 Å². The zero-order valence-corrected chi connectivity index (χ0v) is 11.2. The first-order valence-corrected chi connectivity index (χ1v) is 6.14. The summed E-state index contributed by atoms with van der Waals surface area (Å²) in [7, 11) is 0. The first-order chi connectivity index (χ1) is 9.97. The quantitative estimate of drug-likeness (QED) is 0.481. The Balaban J connectivity index is 2.10. The molecule has 5 nitrogen and oxygen atoms in total. The number of ether oxygens (including phenoxy) is 1. The van der Waals surface area contributed by atoms with Crippen molar-refractivity contribution in [3.63, 3.8) is 0 Å². The first-order valence-electron chi connectivity index (χ1n) is 6.14. The second-order valence-corrected chi connectivity index (χ2v) is 4.45. The molecule has 0 radical (unpaired) electrons. The number of nitro benzene ring substituents is 1. The highest BCUT2D eigenvalue weighted by molar-refractivity contribution is 5.97. The molecule has 0 atom stereocenters. The number of rotatable bonds is 5. The van der Waals surface area contributed by atoms with Crippen molar-refractivity contribution in [1.82, 2.24) is 0 Å². The van der Waals surface area contributed by atoms with E-state index in [2.05, 4.69) is 0 Å². The Morgan fingerprint density at radius 1 is 1.29 bits per heavy atom. The van der Waals surface area contributed by atoms with Crippen LogP contribution in [0.1, 0.15) is 15.9 Å². The predicted octanol–water partition coefficient (Wildman–Crippen LogP) is 3.30. The van der Waals surface area contributed by atoms with E-state index >= 15 is 0 Å². The van der Waals surface area contributed by atoms with Gasteiger partial charge >= 0.3 is 0 Å². The third-order valence-electron chi connectivity index (χ3n) is 2.82. The van der Waals surface area contributed by atoms with Crippen LogP contribution in [-0.4, -0.2) is 17.3 Å². The number of aryl methyl sites for hydroxylation is 1. The van der Waals surface area contributed by atoms with Crippen LogP contribution in [-0.2, 0) is 0 Å². The number of halogens is 1. The summed E-state index contributed by atoms with van der Waals surface area (Å²) in [5.41, 5.74) is 0.772. The number of hydrogen-bond donors (Lipinski definition) is 0. The van der Waals surface area contributed by atoms with Crippen LogP contribution >= 0.6 is 0 Å². The molecule has 0 heterocycles. The van der Waals surface area contributed by atoms with E-state index < -0.39 is 16.5 Å². The molecule has 0 aromatic heterocycles. The maximum absolute atomic E-state index is 13.5. The molecule has 0 saturated heterocycles. The molecule has 0 unspecified atom stereocenters. The standard InChI is InChI=1S/C15H12FNO4/c1-10-5-6-13(16)15(7-10)21-9-14(18)11-3-2-4-12(8-11)17(19)20/h2-8H,9H2,1H3. The Morgan fingerprint density at radius 3 is 2.76 bits per heavy atom. The minimum atomic E-state index is -0.585. The molecule has 6 heteroatoms. The summed E-state index contributed by atoms with van der Waals surface area (Å²) >= 11 is 0. The number of carbonyl (C=O) groups is 1. The van der Waals surface area contributed by atoms with Gasteiger partial charge in [0.1, 0.15) is 0 Å². The van der Waals surface area contributed by atoms with E-state index in [1.807, 2.05) is 0 Å². The van der Waals surface area contributed by atoms with Crippen molar-refractivity contribution in [2.24, 2.45) is 0 Å². The second kappa shape index (κ2) is 6.13. The van der Waals surface area contributed by atoms with Crippen LogP contribution in [0.4, 0.5) is 10.1 Å². The van der Waals surface area contributed by atoms with E-state index in [9.17, 15) is 19.3 Å². The fourth-order valence-corrected chi connectivity index (χ4v) is 1.74. The maximum Gasteiger partial charge on any atom is 0.270 e. The Hall–Kier alpha value is -2.76. The van der Waals surface area contributed by atoms with E-state index in [1.54, 1.807) is 13.0 Å². The molecular formula is C15H12FNO4. The highest BCUT2D eigenvalue weighted by Gasteiger charge is 2.13. The average Bonchev–Trinajstić information content (AvgIpc) is 2.48. The van der Waals surface area contributed by atoms with Crippen molar-refractivity contribution in [3.8, 4) is 5.75 Å². The zero-order chi connectivity index (χ0) is 15.4. The summed E-state index contributed by atoms with van der Waals surface area (Å²) in [6.07, 6.45) is 0. The zero-order valence-electron chi connectivity index (χ0n) is 11.2. The van der Waals surface area contributed by atoms with Gasteiger partial charge in [-0.15, -0.1) is 0 Å². The second-order valence-electron chi connectivity index (χ2n) is 4.45. The molecule has 2 rings (SSSR count). The van der Waals surface area contributed by atoms with Gasteiger partial charge < -0.3 is 4.74 Å².